The summed E-state index contributed by atoms with van der Waals surface area (Å²) in [7, 11) is 0. The third-order valence-electron chi connectivity index (χ3n) is 4.67. The molecule has 0 radical (unpaired) electrons. The third-order valence-corrected chi connectivity index (χ3v) is 12.4. The Balaban J connectivity index is 1.88. The van der Waals surface area contributed by atoms with Gasteiger partial charge in [0.2, 0.25) is 0 Å². The van der Waals surface area contributed by atoms with E-state index in [-0.39, 0.29) is 0 Å². The van der Waals surface area contributed by atoms with Crippen molar-refractivity contribution in [1.29, 1.82) is 0 Å². The van der Waals surface area contributed by atoms with Crippen LogP contribution in [-0.2, 0) is 0 Å². The Kier molecular flexibility index (Phi) is 7.82. The van der Waals surface area contributed by atoms with Gasteiger partial charge in [-0.3, -0.25) is 0 Å². The fraction of sp³-hybridized carbons (Fsp3) is 0. The molecule has 0 fully saturated rings. The van der Waals surface area contributed by atoms with Gasteiger partial charge in [0.15, 0.2) is 0 Å². The number of hydrogen-bond acceptors (Lipinski definition) is 0. The van der Waals surface area contributed by atoms with Crippen molar-refractivity contribution >= 4 is 21.2 Å². The molecule has 4 aromatic carbocycles. The molecule has 0 N–H and O–H groups in total. The van der Waals surface area contributed by atoms with Crippen LogP contribution in [0.5, 0.6) is 0 Å². The van der Waals surface area contributed by atoms with Crippen LogP contribution in [0.25, 0.3) is 0 Å². The summed E-state index contributed by atoms with van der Waals surface area (Å²) in [6, 6.07) is 39.9. The fourth-order valence-electron chi connectivity index (χ4n) is 2.94. The molecule has 0 spiro atoms. The molecule has 0 bridgehead atoms. The Morgan fingerprint density at radius 3 is 0.727 bits per heavy atom. The second-order valence-corrected chi connectivity index (χ2v) is 16.9. The quantitative estimate of drug-likeness (QED) is 0.174. The maximum atomic E-state index is 3.51. The van der Waals surface area contributed by atoms with Gasteiger partial charge in [-0.05, 0) is 0 Å². The summed E-state index contributed by atoms with van der Waals surface area (Å²) >= 11 is -4.08. The Morgan fingerprint density at radius 1 is 0.303 bits per heavy atom. The van der Waals surface area contributed by atoms with Gasteiger partial charge in [-0.25, -0.2) is 0 Å². The van der Waals surface area contributed by atoms with Crippen LogP contribution in [0.3, 0.4) is 0 Å². The van der Waals surface area contributed by atoms with Crippen molar-refractivity contribution in [3.8, 4) is 37.6 Å². The number of hydrogen-bond donors (Lipinski definition) is 0. The van der Waals surface area contributed by atoms with Gasteiger partial charge in [-0.1, -0.05) is 0 Å². The molecule has 1 heteroatoms. The summed E-state index contributed by atoms with van der Waals surface area (Å²) in [6.07, 6.45) is 0. The molecule has 4 rings (SSSR count). The van der Waals surface area contributed by atoms with Gasteiger partial charge >= 0.3 is 202 Å². The molecule has 33 heavy (non-hydrogen) atoms. The van der Waals surface area contributed by atoms with Crippen LogP contribution >= 0.6 is 0 Å². The van der Waals surface area contributed by atoms with E-state index in [1.165, 1.54) is 0 Å². The predicted molar refractivity (Wildman–Crippen MR) is 139 cm³/mol. The van der Waals surface area contributed by atoms with Gasteiger partial charge in [0, 0.05) is 0 Å². The van der Waals surface area contributed by atoms with Crippen molar-refractivity contribution in [2.24, 2.45) is 0 Å². The molecule has 0 aliphatic rings. The topological polar surface area (TPSA) is 0 Å². The average molecular weight is 612 g/mol. The first-order chi connectivity index (χ1) is 16.3. The van der Waals surface area contributed by atoms with Crippen molar-refractivity contribution in [3.05, 3.63) is 144 Å². The first-order valence-corrected chi connectivity index (χ1v) is 18.4. The van der Waals surface area contributed by atoms with Gasteiger partial charge in [0.05, 0.1) is 0 Å². The Bertz CT molecular complexity index is 1210. The molecule has 0 saturated carbocycles. The predicted octanol–water partition coefficient (Wildman–Crippen LogP) is 5.80. The zero-order valence-corrected chi connectivity index (χ0v) is 21.9. The van der Waals surface area contributed by atoms with Crippen LogP contribution in [0.4, 0.5) is 0 Å². The molecule has 0 aromatic heterocycles. The Hall–Kier alpha value is -3.96. The second-order valence-electron chi connectivity index (χ2n) is 7.21. The zero-order chi connectivity index (χ0) is 22.6. The first-order valence-electron chi connectivity index (χ1n) is 10.6. The normalized spacial score (nSPS) is 9.45. The standard InChI is InChI=1S/4C8H5.Pb/c4*1-2-8-6-4-3-5-7-8;/h4*3-7H;. The zero-order valence-electron chi connectivity index (χ0n) is 18.0. The van der Waals surface area contributed by atoms with Crippen molar-refractivity contribution in [2.45, 2.75) is 0 Å². The van der Waals surface area contributed by atoms with Crippen molar-refractivity contribution in [2.75, 3.05) is 0 Å². The van der Waals surface area contributed by atoms with E-state index in [9.17, 15) is 0 Å². The van der Waals surface area contributed by atoms with Crippen LogP contribution in [-0.4, -0.2) is 21.2 Å². The maximum absolute atomic E-state index is 4.08. The number of benzene rings is 4. The van der Waals surface area contributed by atoms with E-state index in [1.807, 2.05) is 121 Å². The van der Waals surface area contributed by atoms with Crippen LogP contribution in [0, 0.1) is 37.6 Å². The molecule has 0 amide bonds. The summed E-state index contributed by atoms with van der Waals surface area (Å²) in [5.41, 5.74) is 3.80. The first kappa shape index (κ1) is 22.2. The Labute approximate surface area is 201 Å². The third kappa shape index (κ3) is 7.02. The van der Waals surface area contributed by atoms with Gasteiger partial charge < -0.3 is 0 Å². The van der Waals surface area contributed by atoms with E-state index >= 15 is 0 Å². The minimum absolute atomic E-state index is 0.950. The van der Waals surface area contributed by atoms with Crippen molar-refractivity contribution < 1.29 is 0 Å². The van der Waals surface area contributed by atoms with Gasteiger partial charge in [0.25, 0.3) is 0 Å². The monoisotopic (exact) mass is 612 g/mol. The number of rotatable bonds is 0. The van der Waals surface area contributed by atoms with E-state index in [1.54, 1.807) is 0 Å². The molecule has 0 heterocycles. The molecule has 0 saturated heterocycles. The van der Waals surface area contributed by atoms with Crippen molar-refractivity contribution in [3.63, 3.8) is 0 Å². The molecule has 4 aromatic rings. The molecule has 152 valence electrons. The minimum atomic E-state index is -4.08. The molecule has 0 unspecified atom stereocenters. The van der Waals surface area contributed by atoms with Crippen LogP contribution in [0.1, 0.15) is 22.3 Å². The average Bonchev–Trinajstić information content (AvgIpc) is 2.90. The molecular formula is C32H20Pb. The van der Waals surface area contributed by atoms with Crippen LogP contribution in [0.2, 0.25) is 0 Å². The SMILES string of the molecule is C(#[C][Pb]([C]#Cc1ccccc1)([C]#Cc1ccccc1)[C]#Cc1ccccc1)c1ccccc1. The Morgan fingerprint density at radius 2 is 0.515 bits per heavy atom. The second kappa shape index (κ2) is 11.6. The van der Waals surface area contributed by atoms with Gasteiger partial charge in [0.1, 0.15) is 0 Å². The van der Waals surface area contributed by atoms with E-state index < -0.39 is 21.2 Å². The summed E-state index contributed by atoms with van der Waals surface area (Å²) in [5, 5.41) is 0. The summed E-state index contributed by atoms with van der Waals surface area (Å²) in [4.78, 5) is 0. The van der Waals surface area contributed by atoms with E-state index in [2.05, 4.69) is 37.6 Å². The van der Waals surface area contributed by atoms with Crippen LogP contribution in [0.15, 0.2) is 121 Å². The fourth-order valence-corrected chi connectivity index (χ4v) is 9.55. The van der Waals surface area contributed by atoms with Crippen molar-refractivity contribution in [1.82, 2.24) is 0 Å². The molecule has 0 aliphatic carbocycles. The summed E-state index contributed by atoms with van der Waals surface area (Å²) < 4.78 is 14.0. The summed E-state index contributed by atoms with van der Waals surface area (Å²) in [6.45, 7) is 0. The van der Waals surface area contributed by atoms with Crippen LogP contribution < -0.4 is 0 Å². The van der Waals surface area contributed by atoms with Gasteiger partial charge in [-0.2, -0.15) is 0 Å². The van der Waals surface area contributed by atoms with Gasteiger partial charge in [-0.15, -0.1) is 0 Å². The molecule has 0 atom stereocenters. The van der Waals surface area contributed by atoms with E-state index in [4.69, 9.17) is 0 Å². The molecule has 0 nitrogen and oxygen atoms in total. The molecule has 0 aliphatic heterocycles. The van der Waals surface area contributed by atoms with E-state index in [0.717, 1.165) is 22.3 Å². The van der Waals surface area contributed by atoms with E-state index in [0.29, 0.717) is 0 Å². The molecular weight excluding hydrogens is 592 g/mol. The summed E-state index contributed by atoms with van der Waals surface area (Å²) in [5.74, 6) is 13.3.